The first kappa shape index (κ1) is 11.5. The summed E-state index contributed by atoms with van der Waals surface area (Å²) in [5.41, 5.74) is 0.861. The molecular formula is C9H9BrClN5. The first-order valence-corrected chi connectivity index (χ1v) is 5.76. The smallest absolute Gasteiger partial charge is 0.170 e. The molecule has 0 atom stereocenters. The number of rotatable bonds is 3. The Morgan fingerprint density at radius 1 is 1.50 bits per heavy atom. The molecule has 1 aromatic heterocycles. The van der Waals surface area contributed by atoms with Gasteiger partial charge in [0.05, 0.1) is 12.2 Å². The summed E-state index contributed by atoms with van der Waals surface area (Å²) in [5, 5.41) is 15.2. The van der Waals surface area contributed by atoms with Crippen molar-refractivity contribution in [1.29, 1.82) is 0 Å². The Kier molecular flexibility index (Phi) is 3.52. The summed E-state index contributed by atoms with van der Waals surface area (Å²) < 4.78 is 2.52. The zero-order chi connectivity index (χ0) is 11.5. The molecule has 0 aliphatic heterocycles. The largest absolute Gasteiger partial charge is 0.313 e. The average molecular weight is 303 g/mol. The Bertz CT molecular complexity index is 498. The molecule has 1 N–H and O–H groups in total. The second kappa shape index (κ2) is 4.90. The number of halogens is 2. The normalized spacial score (nSPS) is 10.7. The molecule has 0 amide bonds. The van der Waals surface area contributed by atoms with E-state index in [9.17, 15) is 0 Å². The lowest BCUT2D eigenvalue weighted by molar-refractivity contribution is 0.707. The van der Waals surface area contributed by atoms with Crippen molar-refractivity contribution in [3.05, 3.63) is 33.5 Å². The first-order chi connectivity index (χ1) is 7.72. The highest BCUT2D eigenvalue weighted by Gasteiger charge is 2.10. The molecule has 84 valence electrons. The van der Waals surface area contributed by atoms with Gasteiger partial charge in [0.25, 0.3) is 0 Å². The fourth-order valence-corrected chi connectivity index (χ4v) is 2.16. The minimum atomic E-state index is 0.599. The molecule has 0 radical (unpaired) electrons. The van der Waals surface area contributed by atoms with E-state index in [1.54, 1.807) is 10.7 Å². The van der Waals surface area contributed by atoms with E-state index in [0.717, 1.165) is 16.0 Å². The van der Waals surface area contributed by atoms with Crippen molar-refractivity contribution in [2.75, 3.05) is 7.05 Å². The van der Waals surface area contributed by atoms with E-state index in [1.807, 2.05) is 19.2 Å². The number of benzene rings is 1. The van der Waals surface area contributed by atoms with Crippen molar-refractivity contribution in [1.82, 2.24) is 25.5 Å². The fraction of sp³-hybridized carbons (Fsp3) is 0.222. The second-order valence-electron chi connectivity index (χ2n) is 3.13. The van der Waals surface area contributed by atoms with Crippen LogP contribution < -0.4 is 5.32 Å². The Labute approximate surface area is 106 Å². The number of nitrogens with one attached hydrogen (secondary N) is 1. The minimum absolute atomic E-state index is 0.599. The average Bonchev–Trinajstić information content (AvgIpc) is 2.67. The van der Waals surface area contributed by atoms with Crippen LogP contribution in [0.2, 0.25) is 5.02 Å². The Hall–Kier alpha value is -0.980. The third-order valence-electron chi connectivity index (χ3n) is 2.01. The van der Waals surface area contributed by atoms with Crippen molar-refractivity contribution >= 4 is 27.5 Å². The highest BCUT2D eigenvalue weighted by Crippen LogP contribution is 2.24. The van der Waals surface area contributed by atoms with Crippen LogP contribution in [0.1, 0.15) is 5.82 Å². The SMILES string of the molecule is CNCc1nnnn1-c1ccc(Cl)cc1Br. The van der Waals surface area contributed by atoms with E-state index in [-0.39, 0.29) is 0 Å². The molecule has 1 heterocycles. The van der Waals surface area contributed by atoms with Crippen molar-refractivity contribution in [2.45, 2.75) is 6.54 Å². The number of hydrogen-bond donors (Lipinski definition) is 1. The van der Waals surface area contributed by atoms with E-state index in [2.05, 4.69) is 36.8 Å². The third kappa shape index (κ3) is 2.23. The van der Waals surface area contributed by atoms with Gasteiger partial charge in [0.2, 0.25) is 0 Å². The van der Waals surface area contributed by atoms with Crippen LogP contribution in [0.4, 0.5) is 0 Å². The molecule has 0 aliphatic carbocycles. The molecule has 0 bridgehead atoms. The molecule has 0 saturated carbocycles. The van der Waals surface area contributed by atoms with Gasteiger partial charge in [0.1, 0.15) is 0 Å². The molecule has 5 nitrogen and oxygen atoms in total. The second-order valence-corrected chi connectivity index (χ2v) is 4.42. The van der Waals surface area contributed by atoms with Gasteiger partial charge in [-0.05, 0) is 51.6 Å². The van der Waals surface area contributed by atoms with Crippen molar-refractivity contribution in [3.63, 3.8) is 0 Å². The van der Waals surface area contributed by atoms with E-state index < -0.39 is 0 Å². The van der Waals surface area contributed by atoms with Crippen LogP contribution >= 0.6 is 27.5 Å². The maximum Gasteiger partial charge on any atom is 0.170 e. The van der Waals surface area contributed by atoms with Crippen LogP contribution in [-0.4, -0.2) is 27.3 Å². The topological polar surface area (TPSA) is 55.6 Å². The summed E-state index contributed by atoms with van der Waals surface area (Å²) in [6.07, 6.45) is 0. The maximum absolute atomic E-state index is 5.88. The van der Waals surface area contributed by atoms with Crippen molar-refractivity contribution < 1.29 is 0 Å². The molecule has 2 aromatic rings. The summed E-state index contributed by atoms with van der Waals surface area (Å²) in [5.74, 6) is 0.741. The fourth-order valence-electron chi connectivity index (χ4n) is 1.31. The summed E-state index contributed by atoms with van der Waals surface area (Å²) in [6, 6.07) is 5.47. The summed E-state index contributed by atoms with van der Waals surface area (Å²) in [6.45, 7) is 0.599. The molecule has 7 heteroatoms. The van der Waals surface area contributed by atoms with E-state index in [1.165, 1.54) is 0 Å². The molecule has 0 unspecified atom stereocenters. The zero-order valence-electron chi connectivity index (χ0n) is 8.48. The van der Waals surface area contributed by atoms with Gasteiger partial charge in [0, 0.05) is 9.50 Å². The quantitative estimate of drug-likeness (QED) is 0.939. The van der Waals surface area contributed by atoms with E-state index >= 15 is 0 Å². The predicted molar refractivity (Wildman–Crippen MR) is 64.6 cm³/mol. The highest BCUT2D eigenvalue weighted by atomic mass is 79.9. The molecule has 0 aliphatic rings. The standard InChI is InChI=1S/C9H9BrClN5/c1-12-5-9-13-14-15-16(9)8-3-2-6(11)4-7(8)10/h2-4,12H,5H2,1H3. The minimum Gasteiger partial charge on any atom is -0.313 e. The summed E-state index contributed by atoms with van der Waals surface area (Å²) in [7, 11) is 1.84. The molecule has 16 heavy (non-hydrogen) atoms. The molecule has 2 rings (SSSR count). The number of hydrogen-bond acceptors (Lipinski definition) is 4. The van der Waals surface area contributed by atoms with Gasteiger partial charge in [-0.3, -0.25) is 0 Å². The lowest BCUT2D eigenvalue weighted by Crippen LogP contribution is -2.12. The molecular weight excluding hydrogens is 293 g/mol. The monoisotopic (exact) mass is 301 g/mol. The molecule has 1 aromatic carbocycles. The summed E-state index contributed by atoms with van der Waals surface area (Å²) >= 11 is 9.31. The third-order valence-corrected chi connectivity index (χ3v) is 2.88. The van der Waals surface area contributed by atoms with Gasteiger partial charge in [-0.2, -0.15) is 4.68 Å². The highest BCUT2D eigenvalue weighted by molar-refractivity contribution is 9.10. The van der Waals surface area contributed by atoms with Crippen LogP contribution in [0.25, 0.3) is 5.69 Å². The Balaban J connectivity index is 2.46. The predicted octanol–water partition coefficient (Wildman–Crippen LogP) is 1.80. The lowest BCUT2D eigenvalue weighted by atomic mass is 10.3. The molecule has 0 saturated heterocycles. The number of aromatic nitrogens is 4. The van der Waals surface area contributed by atoms with Gasteiger partial charge in [0.15, 0.2) is 5.82 Å². The Morgan fingerprint density at radius 2 is 2.31 bits per heavy atom. The van der Waals surface area contributed by atoms with E-state index in [4.69, 9.17) is 11.6 Å². The zero-order valence-corrected chi connectivity index (χ0v) is 10.8. The van der Waals surface area contributed by atoms with Crippen LogP contribution in [0, 0.1) is 0 Å². The van der Waals surface area contributed by atoms with E-state index in [0.29, 0.717) is 11.6 Å². The number of nitrogens with zero attached hydrogens (tertiary/aromatic N) is 4. The Morgan fingerprint density at radius 3 is 3.00 bits per heavy atom. The van der Waals surface area contributed by atoms with Gasteiger partial charge in [-0.1, -0.05) is 11.6 Å². The van der Waals surface area contributed by atoms with Gasteiger partial charge in [-0.15, -0.1) is 5.10 Å². The van der Waals surface area contributed by atoms with Crippen LogP contribution in [0.5, 0.6) is 0 Å². The van der Waals surface area contributed by atoms with Crippen molar-refractivity contribution in [3.8, 4) is 5.69 Å². The molecule has 0 fully saturated rings. The lowest BCUT2D eigenvalue weighted by Gasteiger charge is -2.06. The van der Waals surface area contributed by atoms with Gasteiger partial charge < -0.3 is 5.32 Å². The van der Waals surface area contributed by atoms with Crippen LogP contribution in [0.15, 0.2) is 22.7 Å². The molecule has 0 spiro atoms. The summed E-state index contributed by atoms with van der Waals surface area (Å²) in [4.78, 5) is 0. The first-order valence-electron chi connectivity index (χ1n) is 4.59. The maximum atomic E-state index is 5.88. The van der Waals surface area contributed by atoms with Crippen LogP contribution in [-0.2, 0) is 6.54 Å². The van der Waals surface area contributed by atoms with Crippen molar-refractivity contribution in [2.24, 2.45) is 0 Å². The van der Waals surface area contributed by atoms with Gasteiger partial charge in [-0.25, -0.2) is 0 Å². The number of tetrazole rings is 1. The van der Waals surface area contributed by atoms with Crippen LogP contribution in [0.3, 0.4) is 0 Å². The van der Waals surface area contributed by atoms with Gasteiger partial charge >= 0.3 is 0 Å².